The van der Waals surface area contributed by atoms with Crippen molar-refractivity contribution < 1.29 is 9.59 Å². The van der Waals surface area contributed by atoms with E-state index in [1.54, 1.807) is 13.8 Å². The van der Waals surface area contributed by atoms with Gasteiger partial charge in [-0.1, -0.05) is 24.3 Å². The van der Waals surface area contributed by atoms with Gasteiger partial charge in [0.2, 0.25) is 11.8 Å². The average molecular weight is 491 g/mol. The Balaban J connectivity index is 1.19. The lowest BCUT2D eigenvalue weighted by molar-refractivity contribution is -0.122. The third-order valence-corrected chi connectivity index (χ3v) is 8.61. The van der Waals surface area contributed by atoms with Gasteiger partial charge in [0.15, 0.2) is 11.1 Å². The quantitative estimate of drug-likeness (QED) is 0.313. The van der Waals surface area contributed by atoms with E-state index in [2.05, 4.69) is 57.3 Å². The number of nitrogens with zero attached hydrogens (tertiary/aromatic N) is 4. The Morgan fingerprint density at radius 1 is 0.778 bits per heavy atom. The smallest absolute Gasteiger partial charge is 0.220 e. The number of azo groups is 1. The van der Waals surface area contributed by atoms with Gasteiger partial charge >= 0.3 is 0 Å². The van der Waals surface area contributed by atoms with Crippen LogP contribution >= 0.6 is 0 Å². The summed E-state index contributed by atoms with van der Waals surface area (Å²) in [5, 5.41) is 33.8. The minimum Gasteiger partial charge on any atom is -0.356 e. The normalized spacial score (nSPS) is 32.7. The molecule has 2 saturated carbocycles. The van der Waals surface area contributed by atoms with E-state index in [1.807, 2.05) is 0 Å². The Morgan fingerprint density at radius 2 is 1.19 bits per heavy atom. The van der Waals surface area contributed by atoms with Gasteiger partial charge in [0.05, 0.1) is 12.1 Å². The van der Waals surface area contributed by atoms with Crippen LogP contribution in [0.1, 0.15) is 65.2 Å². The van der Waals surface area contributed by atoms with Crippen molar-refractivity contribution in [3.63, 3.8) is 0 Å². The van der Waals surface area contributed by atoms with Crippen LogP contribution in [-0.4, -0.2) is 36.0 Å². The molecule has 0 saturated heterocycles. The summed E-state index contributed by atoms with van der Waals surface area (Å²) in [6, 6.07) is 4.27. The molecule has 0 aromatic heterocycles. The molecule has 8 heteroatoms. The zero-order valence-electron chi connectivity index (χ0n) is 21.4. The number of nitriles is 2. The lowest BCUT2D eigenvalue weighted by Crippen LogP contribution is -2.33. The van der Waals surface area contributed by atoms with Crippen LogP contribution < -0.4 is 10.6 Å². The molecule has 8 atom stereocenters. The molecule has 4 aliphatic carbocycles. The number of carbonyl (C=O) groups is 2. The molecule has 0 aromatic rings. The highest BCUT2D eigenvalue weighted by Gasteiger charge is 2.37. The van der Waals surface area contributed by atoms with Crippen molar-refractivity contribution in [2.45, 2.75) is 76.3 Å². The van der Waals surface area contributed by atoms with Crippen molar-refractivity contribution in [3.8, 4) is 12.1 Å². The summed E-state index contributed by atoms with van der Waals surface area (Å²) >= 11 is 0. The third-order valence-electron chi connectivity index (χ3n) is 8.61. The maximum Gasteiger partial charge on any atom is 0.220 e. The van der Waals surface area contributed by atoms with Gasteiger partial charge in [-0.3, -0.25) is 9.59 Å². The molecule has 0 radical (unpaired) electrons. The lowest BCUT2D eigenvalue weighted by Gasteiger charge is -2.21. The molecule has 8 unspecified atom stereocenters. The van der Waals surface area contributed by atoms with Crippen molar-refractivity contribution >= 4 is 11.8 Å². The summed E-state index contributed by atoms with van der Waals surface area (Å²) in [5.74, 6) is 3.31. The van der Waals surface area contributed by atoms with E-state index in [9.17, 15) is 20.1 Å². The monoisotopic (exact) mass is 490 g/mol. The van der Waals surface area contributed by atoms with Gasteiger partial charge in [-0.05, 0) is 87.9 Å². The Kier molecular flexibility index (Phi) is 7.93. The number of hydrogen-bond donors (Lipinski definition) is 2. The number of allylic oxidation sites excluding steroid dienone is 4. The molecule has 4 bridgehead atoms. The molecule has 0 aliphatic heterocycles. The first-order valence-electron chi connectivity index (χ1n) is 13.4. The summed E-state index contributed by atoms with van der Waals surface area (Å²) in [5.41, 5.74) is -2.41. The molecule has 8 nitrogen and oxygen atoms in total. The van der Waals surface area contributed by atoms with Crippen LogP contribution in [0.25, 0.3) is 0 Å². The predicted molar refractivity (Wildman–Crippen MR) is 135 cm³/mol. The van der Waals surface area contributed by atoms with E-state index < -0.39 is 11.1 Å². The van der Waals surface area contributed by atoms with Gasteiger partial charge in [-0.15, -0.1) is 0 Å². The SMILES string of the molecule is CC(C#N)(CCC(=O)NCC1CC2C=CC1C2)/N=N/C(C)(C#N)CCC(=O)NCC1CC2C=CC1C2. The highest BCUT2D eigenvalue weighted by molar-refractivity contribution is 5.76. The van der Waals surface area contributed by atoms with E-state index in [1.165, 1.54) is 12.8 Å². The number of carbonyl (C=O) groups excluding carboxylic acids is 2. The molecule has 192 valence electrons. The van der Waals surface area contributed by atoms with Gasteiger partial charge in [0.1, 0.15) is 0 Å². The van der Waals surface area contributed by atoms with Crippen molar-refractivity contribution in [1.29, 1.82) is 10.5 Å². The van der Waals surface area contributed by atoms with Crippen LogP contribution in [0.3, 0.4) is 0 Å². The molecule has 2 amide bonds. The predicted octanol–water partition coefficient (Wildman–Crippen LogP) is 4.22. The number of amides is 2. The van der Waals surface area contributed by atoms with E-state index >= 15 is 0 Å². The fraction of sp³-hybridized carbons (Fsp3) is 0.714. The number of fused-ring (bicyclic) bond motifs is 4. The molecule has 36 heavy (non-hydrogen) atoms. The first-order valence-corrected chi connectivity index (χ1v) is 13.4. The maximum atomic E-state index is 12.4. The van der Waals surface area contributed by atoms with Crippen LogP contribution in [0.4, 0.5) is 0 Å². The number of rotatable bonds is 12. The summed E-state index contributed by atoms with van der Waals surface area (Å²) in [6.07, 6.45) is 14.5. The van der Waals surface area contributed by atoms with Gasteiger partial charge in [-0.25, -0.2) is 0 Å². The van der Waals surface area contributed by atoms with Gasteiger partial charge in [0.25, 0.3) is 0 Å². The van der Waals surface area contributed by atoms with Gasteiger partial charge < -0.3 is 10.6 Å². The zero-order chi connectivity index (χ0) is 25.8. The van der Waals surface area contributed by atoms with Crippen LogP contribution in [0.15, 0.2) is 34.5 Å². The number of hydrogen-bond acceptors (Lipinski definition) is 6. The average Bonchev–Trinajstić information content (AvgIpc) is 3.70. The Morgan fingerprint density at radius 3 is 1.50 bits per heavy atom. The second-order valence-electron chi connectivity index (χ2n) is 11.7. The van der Waals surface area contributed by atoms with Gasteiger partial charge in [0, 0.05) is 25.9 Å². The first-order chi connectivity index (χ1) is 17.2. The van der Waals surface area contributed by atoms with Crippen LogP contribution in [0.2, 0.25) is 0 Å². The minimum absolute atomic E-state index is 0.0934. The maximum absolute atomic E-state index is 12.4. The van der Waals surface area contributed by atoms with Crippen LogP contribution in [0.5, 0.6) is 0 Å². The highest BCUT2D eigenvalue weighted by atomic mass is 16.2. The molecule has 0 spiro atoms. The molecular weight excluding hydrogens is 452 g/mol. The van der Waals surface area contributed by atoms with Crippen LogP contribution in [0, 0.1) is 58.2 Å². The molecule has 4 rings (SSSR count). The van der Waals surface area contributed by atoms with E-state index in [-0.39, 0.29) is 37.5 Å². The molecule has 0 aromatic carbocycles. The summed E-state index contributed by atoms with van der Waals surface area (Å²) < 4.78 is 0. The summed E-state index contributed by atoms with van der Waals surface area (Å²) in [6.45, 7) is 4.59. The topological polar surface area (TPSA) is 130 Å². The Hall–Kier alpha value is -3.00. The Bertz CT molecular complexity index is 942. The van der Waals surface area contributed by atoms with Crippen molar-refractivity contribution in [3.05, 3.63) is 24.3 Å². The lowest BCUT2D eigenvalue weighted by atomic mass is 9.93. The highest BCUT2D eigenvalue weighted by Crippen LogP contribution is 2.43. The zero-order valence-corrected chi connectivity index (χ0v) is 21.4. The van der Waals surface area contributed by atoms with E-state index in [4.69, 9.17) is 0 Å². The fourth-order valence-corrected chi connectivity index (χ4v) is 6.12. The van der Waals surface area contributed by atoms with E-state index in [0.717, 1.165) is 12.8 Å². The standard InChI is InChI=1S/C28H38N6O2/c1-27(17-29,9-7-25(35)31-15-23-13-19-3-5-21(23)11-19)33-34-28(2,18-30)10-8-26(36)32-16-24-14-20-4-6-22(24)12-20/h3-6,19-24H,7-16H2,1-2H3,(H,31,35)(H,32,36)/b34-33+. The molecular formula is C28H38N6O2. The Labute approximate surface area is 214 Å². The number of nitrogens with one attached hydrogen (secondary N) is 2. The molecule has 4 aliphatic rings. The second kappa shape index (κ2) is 10.9. The summed E-state index contributed by atoms with van der Waals surface area (Å²) in [7, 11) is 0. The fourth-order valence-electron chi connectivity index (χ4n) is 6.12. The largest absolute Gasteiger partial charge is 0.356 e. The second-order valence-corrected chi connectivity index (χ2v) is 11.7. The molecule has 0 heterocycles. The molecule has 2 N–H and O–H groups in total. The van der Waals surface area contributed by atoms with Crippen LogP contribution in [-0.2, 0) is 9.59 Å². The van der Waals surface area contributed by atoms with Crippen molar-refractivity contribution in [1.82, 2.24) is 10.6 Å². The first kappa shape index (κ1) is 26.1. The van der Waals surface area contributed by atoms with Crippen molar-refractivity contribution in [2.24, 2.45) is 45.7 Å². The summed E-state index contributed by atoms with van der Waals surface area (Å²) in [4.78, 5) is 24.8. The van der Waals surface area contributed by atoms with Gasteiger partial charge in [-0.2, -0.15) is 20.8 Å². The van der Waals surface area contributed by atoms with E-state index in [0.29, 0.717) is 48.6 Å². The van der Waals surface area contributed by atoms with Crippen molar-refractivity contribution in [2.75, 3.05) is 13.1 Å². The molecule has 2 fully saturated rings. The minimum atomic E-state index is -1.21. The third kappa shape index (κ3) is 6.40.